The van der Waals surface area contributed by atoms with E-state index in [1.54, 1.807) is 29.3 Å². The molecule has 1 N–H and O–H groups in total. The van der Waals surface area contributed by atoms with Crippen molar-refractivity contribution in [2.75, 3.05) is 36.0 Å². The monoisotopic (exact) mass is 377 g/mol. The van der Waals surface area contributed by atoms with Crippen molar-refractivity contribution >= 4 is 17.5 Å². The second-order valence-electron chi connectivity index (χ2n) is 6.63. The molecule has 0 radical (unpaired) electrons. The van der Waals surface area contributed by atoms with Crippen LogP contribution in [0.15, 0.2) is 61.2 Å². The van der Waals surface area contributed by atoms with E-state index in [9.17, 15) is 4.79 Å². The van der Waals surface area contributed by atoms with Gasteiger partial charge in [-0.3, -0.25) is 9.48 Å². The lowest BCUT2D eigenvalue weighted by Gasteiger charge is -2.36. The molecule has 0 aromatic carbocycles. The van der Waals surface area contributed by atoms with Crippen LogP contribution in [0.25, 0.3) is 0 Å². The van der Waals surface area contributed by atoms with Gasteiger partial charge in [-0.15, -0.1) is 0 Å². The maximum atomic E-state index is 12.2. The molecular formula is C20H23N7O. The number of nitrogens with one attached hydrogen (secondary N) is 1. The van der Waals surface area contributed by atoms with E-state index in [1.165, 1.54) is 0 Å². The molecule has 1 aliphatic heterocycles. The summed E-state index contributed by atoms with van der Waals surface area (Å²) in [6, 6.07) is 11.7. The Kier molecular flexibility index (Phi) is 5.46. The van der Waals surface area contributed by atoms with E-state index in [0.717, 1.165) is 43.4 Å². The predicted molar refractivity (Wildman–Crippen MR) is 107 cm³/mol. The van der Waals surface area contributed by atoms with Crippen LogP contribution in [0.4, 0.5) is 11.6 Å². The third-order valence-electron chi connectivity index (χ3n) is 4.76. The lowest BCUT2D eigenvalue weighted by atomic mass is 10.2. The number of carbonyl (C=O) groups excluding carboxylic acids is 1. The first-order valence-corrected chi connectivity index (χ1v) is 9.38. The molecule has 0 unspecified atom stereocenters. The van der Waals surface area contributed by atoms with Crippen LogP contribution in [-0.2, 0) is 17.9 Å². The summed E-state index contributed by atoms with van der Waals surface area (Å²) in [7, 11) is 0. The number of aromatic nitrogens is 4. The molecule has 1 fully saturated rings. The quantitative estimate of drug-likeness (QED) is 0.698. The van der Waals surface area contributed by atoms with Crippen LogP contribution in [0.2, 0.25) is 0 Å². The first-order valence-electron chi connectivity index (χ1n) is 9.38. The first kappa shape index (κ1) is 18.0. The Hall–Kier alpha value is -3.42. The Balaban J connectivity index is 1.36. The fourth-order valence-corrected chi connectivity index (χ4v) is 3.33. The number of piperazine rings is 1. The second-order valence-corrected chi connectivity index (χ2v) is 6.63. The van der Waals surface area contributed by atoms with Gasteiger partial charge in [0, 0.05) is 63.1 Å². The van der Waals surface area contributed by atoms with Crippen LogP contribution in [-0.4, -0.2) is 51.8 Å². The number of rotatable bonds is 6. The van der Waals surface area contributed by atoms with E-state index in [1.807, 2.05) is 36.5 Å². The molecule has 28 heavy (non-hydrogen) atoms. The molecule has 144 valence electrons. The average Bonchev–Trinajstić information content (AvgIpc) is 3.26. The highest BCUT2D eigenvalue weighted by Crippen LogP contribution is 2.20. The number of nitrogens with zero attached hydrogens (tertiary/aromatic N) is 6. The molecule has 1 amide bonds. The largest absolute Gasteiger partial charge is 0.353 e. The fourth-order valence-electron chi connectivity index (χ4n) is 3.33. The van der Waals surface area contributed by atoms with Gasteiger partial charge in [-0.05, 0) is 24.3 Å². The van der Waals surface area contributed by atoms with Crippen molar-refractivity contribution < 1.29 is 4.79 Å². The lowest BCUT2D eigenvalue weighted by molar-refractivity contribution is -0.122. The highest BCUT2D eigenvalue weighted by Gasteiger charge is 2.21. The van der Waals surface area contributed by atoms with Gasteiger partial charge < -0.3 is 15.1 Å². The normalized spacial score (nSPS) is 14.1. The number of amides is 1. The average molecular weight is 377 g/mol. The Morgan fingerprint density at radius 1 is 0.929 bits per heavy atom. The van der Waals surface area contributed by atoms with E-state index in [2.05, 4.69) is 30.2 Å². The van der Waals surface area contributed by atoms with Gasteiger partial charge in [0.25, 0.3) is 0 Å². The van der Waals surface area contributed by atoms with Crippen molar-refractivity contribution in [3.8, 4) is 0 Å². The summed E-state index contributed by atoms with van der Waals surface area (Å²) in [6.45, 7) is 4.16. The van der Waals surface area contributed by atoms with Crippen molar-refractivity contribution in [1.29, 1.82) is 0 Å². The molecule has 1 saturated heterocycles. The van der Waals surface area contributed by atoms with Crippen molar-refractivity contribution in [1.82, 2.24) is 25.1 Å². The molecule has 0 aliphatic carbocycles. The Morgan fingerprint density at radius 3 is 2.50 bits per heavy atom. The standard InChI is InChI=1S/C20H23N7O/c28-19(16-27-10-4-9-24-27)23-15-17-5-3-8-22-20(17)26-13-11-25(12-14-26)18-6-1-2-7-21-18/h1-10H,11-16H2,(H,23,28). The highest BCUT2D eigenvalue weighted by molar-refractivity contribution is 5.75. The summed E-state index contributed by atoms with van der Waals surface area (Å²) in [5, 5.41) is 7.02. The Bertz CT molecular complexity index is 890. The van der Waals surface area contributed by atoms with Gasteiger partial charge in [-0.2, -0.15) is 5.10 Å². The van der Waals surface area contributed by atoms with Gasteiger partial charge in [-0.25, -0.2) is 9.97 Å². The summed E-state index contributed by atoms with van der Waals surface area (Å²) < 4.78 is 1.61. The molecule has 0 saturated carbocycles. The Morgan fingerprint density at radius 2 is 1.75 bits per heavy atom. The van der Waals surface area contributed by atoms with Crippen molar-refractivity contribution in [2.24, 2.45) is 0 Å². The number of hydrogen-bond donors (Lipinski definition) is 1. The predicted octanol–water partition coefficient (Wildman–Crippen LogP) is 1.32. The van der Waals surface area contributed by atoms with E-state index in [4.69, 9.17) is 0 Å². The van der Waals surface area contributed by atoms with Crippen LogP contribution in [0.5, 0.6) is 0 Å². The topological polar surface area (TPSA) is 79.2 Å². The van der Waals surface area contributed by atoms with E-state index in [0.29, 0.717) is 6.54 Å². The summed E-state index contributed by atoms with van der Waals surface area (Å²) in [5.74, 6) is 1.87. The molecule has 8 heteroatoms. The van der Waals surface area contributed by atoms with Gasteiger partial charge >= 0.3 is 0 Å². The molecule has 0 spiro atoms. The minimum atomic E-state index is -0.0709. The van der Waals surface area contributed by atoms with Gasteiger partial charge in [-0.1, -0.05) is 12.1 Å². The van der Waals surface area contributed by atoms with Gasteiger partial charge in [0.2, 0.25) is 5.91 Å². The lowest BCUT2D eigenvalue weighted by Crippen LogP contribution is -2.47. The molecule has 1 aliphatic rings. The van der Waals surface area contributed by atoms with E-state index >= 15 is 0 Å². The summed E-state index contributed by atoms with van der Waals surface area (Å²) in [4.78, 5) is 25.7. The molecule has 0 bridgehead atoms. The third kappa shape index (κ3) is 4.28. The third-order valence-corrected chi connectivity index (χ3v) is 4.76. The maximum Gasteiger partial charge on any atom is 0.241 e. The van der Waals surface area contributed by atoms with Gasteiger partial charge in [0.15, 0.2) is 0 Å². The maximum absolute atomic E-state index is 12.2. The zero-order chi connectivity index (χ0) is 19.2. The number of hydrogen-bond acceptors (Lipinski definition) is 6. The van der Waals surface area contributed by atoms with E-state index < -0.39 is 0 Å². The summed E-state index contributed by atoms with van der Waals surface area (Å²) >= 11 is 0. The fraction of sp³-hybridized carbons (Fsp3) is 0.300. The number of pyridine rings is 2. The number of carbonyl (C=O) groups is 1. The highest BCUT2D eigenvalue weighted by atomic mass is 16.2. The van der Waals surface area contributed by atoms with Crippen LogP contribution >= 0.6 is 0 Å². The summed E-state index contributed by atoms with van der Waals surface area (Å²) in [6.07, 6.45) is 7.06. The minimum absolute atomic E-state index is 0.0709. The van der Waals surface area contributed by atoms with Crippen LogP contribution in [0, 0.1) is 0 Å². The molecular weight excluding hydrogens is 354 g/mol. The molecule has 3 aromatic rings. The van der Waals surface area contributed by atoms with Crippen LogP contribution in [0.3, 0.4) is 0 Å². The SMILES string of the molecule is O=C(Cn1cccn1)NCc1cccnc1N1CCN(c2ccccn2)CC1. The van der Waals surface area contributed by atoms with Crippen molar-refractivity contribution in [2.45, 2.75) is 13.1 Å². The molecule has 0 atom stereocenters. The number of anilines is 2. The zero-order valence-corrected chi connectivity index (χ0v) is 15.6. The second kappa shape index (κ2) is 8.51. The minimum Gasteiger partial charge on any atom is -0.353 e. The van der Waals surface area contributed by atoms with Crippen molar-refractivity contribution in [3.63, 3.8) is 0 Å². The van der Waals surface area contributed by atoms with Crippen LogP contribution < -0.4 is 15.1 Å². The van der Waals surface area contributed by atoms with Crippen molar-refractivity contribution in [3.05, 3.63) is 66.7 Å². The zero-order valence-electron chi connectivity index (χ0n) is 15.6. The van der Waals surface area contributed by atoms with Gasteiger partial charge in [0.05, 0.1) is 0 Å². The smallest absolute Gasteiger partial charge is 0.241 e. The Labute approximate surface area is 163 Å². The molecule has 4 heterocycles. The molecule has 3 aromatic heterocycles. The van der Waals surface area contributed by atoms with Gasteiger partial charge in [0.1, 0.15) is 18.2 Å². The first-order chi connectivity index (χ1) is 13.8. The summed E-state index contributed by atoms with van der Waals surface area (Å²) in [5.41, 5.74) is 1.02. The van der Waals surface area contributed by atoms with E-state index in [-0.39, 0.29) is 12.5 Å². The molecule has 4 rings (SSSR count). The molecule has 8 nitrogen and oxygen atoms in total. The van der Waals surface area contributed by atoms with Crippen LogP contribution in [0.1, 0.15) is 5.56 Å².